The summed E-state index contributed by atoms with van der Waals surface area (Å²) in [6.07, 6.45) is -0.267. The van der Waals surface area contributed by atoms with Crippen LogP contribution >= 0.6 is 0 Å². The van der Waals surface area contributed by atoms with Gasteiger partial charge < -0.3 is 14.6 Å². The highest BCUT2D eigenvalue weighted by Crippen LogP contribution is 2.32. The highest BCUT2D eigenvalue weighted by Gasteiger charge is 2.15. The molecule has 0 amide bonds. The Morgan fingerprint density at radius 2 is 1.23 bits per heavy atom. The second kappa shape index (κ2) is 16.3. The third-order valence-corrected chi connectivity index (χ3v) is 4.92. The number of ether oxygens (including phenoxy) is 2. The van der Waals surface area contributed by atoms with Crippen LogP contribution in [0.2, 0.25) is 0 Å². The predicted molar refractivity (Wildman–Crippen MR) is 152 cm³/mol. The summed E-state index contributed by atoms with van der Waals surface area (Å²) in [7, 11) is 0. The number of phenolic OH excluding ortho intramolecular Hbond substituents is 1. The number of ketones is 1. The molecule has 0 atom stereocenters. The molecule has 204 valence electrons. The van der Waals surface area contributed by atoms with Crippen LogP contribution in [-0.4, -0.2) is 45.0 Å². The molecule has 0 fully saturated rings. The first-order chi connectivity index (χ1) is 19.0. The average molecular weight is 530 g/mol. The third kappa shape index (κ3) is 9.34. The Bertz CT molecular complexity index is 1270. The van der Waals surface area contributed by atoms with Crippen LogP contribution in [0.15, 0.2) is 78.9 Å². The molecule has 1 N–H and O–H groups in total. The standard InChI is InChI=1S/C27H23N3O5.2C2H6/c1-18(31)16-24(33)35-15-14-34-21-12-13-22(23(32)17-21)27-29-25(19-8-4-2-5-9-19)28-26(30-27)20-10-6-3-7-11-20;2*1-2/h2-13,17,32H,14-16H2,1H3;2*1-2H3. The van der Waals surface area contributed by atoms with E-state index in [9.17, 15) is 14.7 Å². The summed E-state index contributed by atoms with van der Waals surface area (Å²) in [6.45, 7) is 9.38. The maximum Gasteiger partial charge on any atom is 0.313 e. The van der Waals surface area contributed by atoms with Gasteiger partial charge in [-0.25, -0.2) is 15.0 Å². The predicted octanol–water partition coefficient (Wildman–Crippen LogP) is 6.53. The molecule has 1 heterocycles. The number of Topliss-reactive ketones (excluding diaryl/α,β-unsaturated/α-hetero) is 1. The zero-order valence-electron chi connectivity index (χ0n) is 23.0. The van der Waals surface area contributed by atoms with Crippen LogP contribution in [0.1, 0.15) is 41.0 Å². The minimum Gasteiger partial charge on any atom is -0.507 e. The van der Waals surface area contributed by atoms with Gasteiger partial charge in [-0.05, 0) is 19.1 Å². The van der Waals surface area contributed by atoms with Crippen LogP contribution in [0.3, 0.4) is 0 Å². The molecule has 3 aromatic carbocycles. The average Bonchev–Trinajstić information content (AvgIpc) is 2.98. The van der Waals surface area contributed by atoms with Crippen LogP contribution in [0, 0.1) is 0 Å². The maximum absolute atomic E-state index is 11.4. The van der Waals surface area contributed by atoms with Crippen LogP contribution in [0.5, 0.6) is 11.5 Å². The Morgan fingerprint density at radius 3 is 1.72 bits per heavy atom. The van der Waals surface area contributed by atoms with E-state index >= 15 is 0 Å². The topological polar surface area (TPSA) is 112 Å². The summed E-state index contributed by atoms with van der Waals surface area (Å²) in [4.78, 5) is 36.2. The van der Waals surface area contributed by atoms with Crippen LogP contribution in [-0.2, 0) is 14.3 Å². The lowest BCUT2D eigenvalue weighted by Gasteiger charge is -2.11. The van der Waals surface area contributed by atoms with E-state index in [2.05, 4.69) is 15.0 Å². The number of aromatic hydroxyl groups is 1. The SMILES string of the molecule is CC.CC.CC(=O)CC(=O)OCCOc1ccc(-c2nc(-c3ccccc3)nc(-c3ccccc3)n2)c(O)c1. The smallest absolute Gasteiger partial charge is 0.313 e. The molecule has 0 aliphatic heterocycles. The molecular formula is C31H35N3O5. The van der Waals surface area contributed by atoms with Gasteiger partial charge in [-0.1, -0.05) is 88.4 Å². The molecule has 0 unspecified atom stereocenters. The molecular weight excluding hydrogens is 494 g/mol. The van der Waals surface area contributed by atoms with E-state index in [4.69, 9.17) is 9.47 Å². The van der Waals surface area contributed by atoms with Crippen LogP contribution < -0.4 is 4.74 Å². The number of rotatable bonds is 9. The van der Waals surface area contributed by atoms with Gasteiger partial charge in [0.15, 0.2) is 17.5 Å². The number of phenols is 1. The summed E-state index contributed by atoms with van der Waals surface area (Å²) in [5.41, 5.74) is 2.07. The molecule has 1 aromatic heterocycles. The van der Waals surface area contributed by atoms with Gasteiger partial charge in [0.1, 0.15) is 36.9 Å². The Labute approximate surface area is 229 Å². The first-order valence-electron chi connectivity index (χ1n) is 13.0. The van der Waals surface area contributed by atoms with Gasteiger partial charge in [0.05, 0.1) is 5.56 Å². The highest BCUT2D eigenvalue weighted by molar-refractivity contribution is 5.94. The molecule has 8 nitrogen and oxygen atoms in total. The molecule has 4 rings (SSSR count). The fraction of sp³-hybridized carbons (Fsp3) is 0.258. The fourth-order valence-corrected chi connectivity index (χ4v) is 3.29. The maximum atomic E-state index is 11.4. The lowest BCUT2D eigenvalue weighted by molar-refractivity contribution is -0.146. The number of hydrogen-bond donors (Lipinski definition) is 1. The van der Waals surface area contributed by atoms with Crippen molar-refractivity contribution >= 4 is 11.8 Å². The number of carbonyl (C=O) groups is 2. The number of esters is 1. The zero-order chi connectivity index (χ0) is 28.6. The van der Waals surface area contributed by atoms with Crippen molar-refractivity contribution in [3.8, 4) is 45.7 Å². The molecule has 0 radical (unpaired) electrons. The Morgan fingerprint density at radius 1 is 0.718 bits per heavy atom. The van der Waals surface area contributed by atoms with E-state index in [1.165, 1.54) is 13.0 Å². The molecule has 0 aliphatic carbocycles. The Balaban J connectivity index is 0.00000127. The molecule has 39 heavy (non-hydrogen) atoms. The van der Waals surface area contributed by atoms with Crippen LogP contribution in [0.25, 0.3) is 34.2 Å². The van der Waals surface area contributed by atoms with Crippen molar-refractivity contribution in [3.63, 3.8) is 0 Å². The number of nitrogens with zero attached hydrogens (tertiary/aromatic N) is 3. The molecule has 8 heteroatoms. The molecule has 0 saturated heterocycles. The lowest BCUT2D eigenvalue weighted by atomic mass is 10.1. The van der Waals surface area contributed by atoms with E-state index in [1.807, 2.05) is 88.4 Å². The molecule has 0 aliphatic rings. The Hall–Kier alpha value is -4.59. The number of hydrogen-bond acceptors (Lipinski definition) is 8. The fourth-order valence-electron chi connectivity index (χ4n) is 3.29. The van der Waals surface area contributed by atoms with E-state index in [1.54, 1.807) is 12.1 Å². The minimum atomic E-state index is -0.599. The van der Waals surface area contributed by atoms with Gasteiger partial charge in [0.2, 0.25) is 0 Å². The number of aromatic nitrogens is 3. The summed E-state index contributed by atoms with van der Waals surface area (Å²) >= 11 is 0. The Kier molecular flexibility index (Phi) is 12.8. The van der Waals surface area contributed by atoms with Gasteiger partial charge in [-0.2, -0.15) is 0 Å². The van der Waals surface area contributed by atoms with E-state index in [-0.39, 0.29) is 31.2 Å². The molecule has 0 bridgehead atoms. The van der Waals surface area contributed by atoms with Crippen molar-refractivity contribution in [2.24, 2.45) is 0 Å². The number of benzene rings is 3. The summed E-state index contributed by atoms with van der Waals surface area (Å²) in [6, 6.07) is 23.9. The van der Waals surface area contributed by atoms with Crippen molar-refractivity contribution in [1.82, 2.24) is 15.0 Å². The second-order valence-electron chi connectivity index (χ2n) is 7.66. The van der Waals surface area contributed by atoms with Gasteiger partial charge >= 0.3 is 5.97 Å². The zero-order valence-corrected chi connectivity index (χ0v) is 23.0. The van der Waals surface area contributed by atoms with E-state index in [0.29, 0.717) is 28.8 Å². The summed E-state index contributed by atoms with van der Waals surface area (Å²) in [5, 5.41) is 10.7. The van der Waals surface area contributed by atoms with Crippen molar-refractivity contribution < 1.29 is 24.2 Å². The largest absolute Gasteiger partial charge is 0.507 e. The lowest BCUT2D eigenvalue weighted by Crippen LogP contribution is -2.14. The van der Waals surface area contributed by atoms with E-state index < -0.39 is 5.97 Å². The molecule has 0 saturated carbocycles. The monoisotopic (exact) mass is 529 g/mol. The van der Waals surface area contributed by atoms with Crippen molar-refractivity contribution in [2.75, 3.05) is 13.2 Å². The van der Waals surface area contributed by atoms with Crippen LogP contribution in [0.4, 0.5) is 0 Å². The quantitative estimate of drug-likeness (QED) is 0.148. The van der Waals surface area contributed by atoms with Crippen molar-refractivity contribution in [3.05, 3.63) is 78.9 Å². The summed E-state index contributed by atoms with van der Waals surface area (Å²) < 4.78 is 10.5. The van der Waals surface area contributed by atoms with Gasteiger partial charge in [0, 0.05) is 17.2 Å². The minimum absolute atomic E-state index is 0.0109. The highest BCUT2D eigenvalue weighted by atomic mass is 16.6. The molecule has 0 spiro atoms. The van der Waals surface area contributed by atoms with Crippen molar-refractivity contribution in [1.29, 1.82) is 0 Å². The summed E-state index contributed by atoms with van der Waals surface area (Å²) in [5.74, 6) is 0.746. The molecule has 4 aromatic rings. The first-order valence-corrected chi connectivity index (χ1v) is 13.0. The van der Waals surface area contributed by atoms with Crippen molar-refractivity contribution in [2.45, 2.75) is 41.0 Å². The number of carbonyl (C=O) groups excluding carboxylic acids is 2. The van der Waals surface area contributed by atoms with Gasteiger partial charge in [0.25, 0.3) is 0 Å². The van der Waals surface area contributed by atoms with Gasteiger partial charge in [-0.3, -0.25) is 9.59 Å². The second-order valence-corrected chi connectivity index (χ2v) is 7.66. The third-order valence-electron chi connectivity index (χ3n) is 4.92. The van der Waals surface area contributed by atoms with E-state index in [0.717, 1.165) is 11.1 Å². The van der Waals surface area contributed by atoms with Gasteiger partial charge in [-0.15, -0.1) is 0 Å². The first kappa shape index (κ1) is 30.6. The normalized spacial score (nSPS) is 9.77.